The van der Waals surface area contributed by atoms with Gasteiger partial charge in [0, 0.05) is 25.1 Å². The lowest BCUT2D eigenvalue weighted by atomic mass is 9.92. The van der Waals surface area contributed by atoms with Gasteiger partial charge < -0.3 is 34.1 Å². The Morgan fingerprint density at radius 3 is 2.02 bits per heavy atom. The molecule has 3 N–H and O–H groups in total. The summed E-state index contributed by atoms with van der Waals surface area (Å²) in [6.07, 6.45) is 2.47. The normalized spacial score (nSPS) is 15.2. The SMILES string of the molecule is CCOC(=O)[C@H](CCc1ccccc1)N[C@@H](C)C(=O)N1Cc2cc(OC)c(OC)cc2C[C@H]1C(=O)OC(C)(C)C.O=C(O)/C=C\C(=O)O. The molecule has 3 rings (SSSR count). The van der Waals surface area contributed by atoms with Gasteiger partial charge in [0.05, 0.1) is 26.9 Å². The molecule has 0 aliphatic carbocycles. The van der Waals surface area contributed by atoms with Crippen LogP contribution in [0.4, 0.5) is 0 Å². The second-order valence-corrected chi connectivity index (χ2v) is 11.9. The Morgan fingerprint density at radius 1 is 0.958 bits per heavy atom. The van der Waals surface area contributed by atoms with E-state index in [-0.39, 0.29) is 25.5 Å². The maximum absolute atomic E-state index is 13.9. The summed E-state index contributed by atoms with van der Waals surface area (Å²) in [6, 6.07) is 11.2. The molecule has 1 heterocycles. The summed E-state index contributed by atoms with van der Waals surface area (Å²) in [6.45, 7) is 9.25. The summed E-state index contributed by atoms with van der Waals surface area (Å²) in [5.74, 6) is -2.64. The Bertz CT molecular complexity index is 1430. The third kappa shape index (κ3) is 12.4. The number of aliphatic carboxylic acids is 2. The number of carbonyl (C=O) groups is 5. The van der Waals surface area contributed by atoms with Gasteiger partial charge in [0.2, 0.25) is 5.91 Å². The number of nitrogens with zero attached hydrogens (tertiary/aromatic N) is 1. The van der Waals surface area contributed by atoms with Crippen molar-refractivity contribution in [3.8, 4) is 11.5 Å². The van der Waals surface area contributed by atoms with Crippen molar-refractivity contribution in [1.82, 2.24) is 10.2 Å². The van der Waals surface area contributed by atoms with Gasteiger partial charge in [-0.05, 0) is 76.3 Å². The number of hydrogen-bond acceptors (Lipinski definition) is 10. The quantitative estimate of drug-likeness (QED) is 0.209. The fourth-order valence-corrected chi connectivity index (χ4v) is 4.96. The molecule has 262 valence electrons. The number of aryl methyl sites for hydroxylation is 1. The zero-order valence-corrected chi connectivity index (χ0v) is 28.5. The highest BCUT2D eigenvalue weighted by Crippen LogP contribution is 2.35. The average Bonchev–Trinajstić information content (AvgIpc) is 3.03. The smallest absolute Gasteiger partial charge is 0.329 e. The van der Waals surface area contributed by atoms with Crippen LogP contribution in [0.2, 0.25) is 0 Å². The van der Waals surface area contributed by atoms with Gasteiger partial charge in [-0.2, -0.15) is 0 Å². The predicted molar refractivity (Wildman–Crippen MR) is 176 cm³/mol. The van der Waals surface area contributed by atoms with Crippen LogP contribution in [0.1, 0.15) is 57.7 Å². The Morgan fingerprint density at radius 2 is 1.52 bits per heavy atom. The zero-order chi connectivity index (χ0) is 36.0. The number of nitrogens with one attached hydrogen (secondary N) is 1. The molecular formula is C35H46N2O11. The number of methoxy groups -OCH3 is 2. The Balaban J connectivity index is 0.000000886. The van der Waals surface area contributed by atoms with Crippen LogP contribution < -0.4 is 14.8 Å². The third-order valence-corrected chi connectivity index (χ3v) is 7.12. The van der Waals surface area contributed by atoms with Crippen molar-refractivity contribution in [3.63, 3.8) is 0 Å². The average molecular weight is 671 g/mol. The number of hydrogen-bond donors (Lipinski definition) is 3. The van der Waals surface area contributed by atoms with Crippen molar-refractivity contribution in [3.05, 3.63) is 71.3 Å². The number of benzene rings is 2. The minimum atomic E-state index is -1.26. The summed E-state index contributed by atoms with van der Waals surface area (Å²) in [4.78, 5) is 60.7. The molecule has 1 amide bonds. The van der Waals surface area contributed by atoms with Gasteiger partial charge in [0.25, 0.3) is 0 Å². The van der Waals surface area contributed by atoms with E-state index in [1.807, 2.05) is 42.5 Å². The van der Waals surface area contributed by atoms with Gasteiger partial charge in [-0.3, -0.25) is 14.9 Å². The molecule has 0 spiro atoms. The molecule has 48 heavy (non-hydrogen) atoms. The third-order valence-electron chi connectivity index (χ3n) is 7.12. The van der Waals surface area contributed by atoms with E-state index < -0.39 is 47.6 Å². The first-order valence-corrected chi connectivity index (χ1v) is 15.5. The standard InChI is InChI=1S/C31H42N2O7.C4H4O4/c1-8-39-29(35)24(15-14-21-12-10-9-11-13-21)32-20(2)28(34)33-19-23-18-27(38-7)26(37-6)17-22(23)16-25(33)30(36)40-31(3,4)5;5-3(6)1-2-4(7)8/h9-13,17-18,20,24-25,32H,8,14-16,19H2,1-7H3;1-2H,(H,5,6)(H,7,8)/b;2-1-/t20-,24-,25-;/m0./s1. The van der Waals surface area contributed by atoms with Crippen LogP contribution in [0.3, 0.4) is 0 Å². The number of carboxylic acids is 2. The molecule has 0 unspecified atom stereocenters. The molecule has 0 saturated carbocycles. The molecule has 0 saturated heterocycles. The van der Waals surface area contributed by atoms with Crippen LogP contribution >= 0.6 is 0 Å². The number of carboxylic acid groups (broad SMARTS) is 2. The first kappa shape index (κ1) is 39.3. The molecule has 3 atom stereocenters. The largest absolute Gasteiger partial charge is 0.493 e. The van der Waals surface area contributed by atoms with Crippen molar-refractivity contribution >= 4 is 29.8 Å². The van der Waals surface area contributed by atoms with E-state index in [2.05, 4.69) is 5.32 Å². The molecule has 0 radical (unpaired) electrons. The fourth-order valence-electron chi connectivity index (χ4n) is 4.96. The highest BCUT2D eigenvalue weighted by atomic mass is 16.6. The van der Waals surface area contributed by atoms with Crippen LogP contribution in [-0.2, 0) is 52.8 Å². The molecule has 13 nitrogen and oxygen atoms in total. The maximum Gasteiger partial charge on any atom is 0.329 e. The van der Waals surface area contributed by atoms with E-state index in [4.69, 9.17) is 29.2 Å². The summed E-state index contributed by atoms with van der Waals surface area (Å²) in [5, 5.41) is 18.8. The summed E-state index contributed by atoms with van der Waals surface area (Å²) in [7, 11) is 3.11. The number of amides is 1. The van der Waals surface area contributed by atoms with Crippen LogP contribution in [0, 0.1) is 0 Å². The zero-order valence-electron chi connectivity index (χ0n) is 28.5. The van der Waals surface area contributed by atoms with Crippen LogP contribution in [0.25, 0.3) is 0 Å². The minimum absolute atomic E-state index is 0.179. The lowest BCUT2D eigenvalue weighted by Crippen LogP contribution is -2.57. The van der Waals surface area contributed by atoms with E-state index in [0.717, 1.165) is 16.7 Å². The van der Waals surface area contributed by atoms with E-state index in [0.29, 0.717) is 36.5 Å². The Hall–Kier alpha value is -4.91. The van der Waals surface area contributed by atoms with E-state index in [1.54, 1.807) is 48.8 Å². The second-order valence-electron chi connectivity index (χ2n) is 11.9. The van der Waals surface area contributed by atoms with Gasteiger partial charge >= 0.3 is 23.9 Å². The Kier molecular flexibility index (Phi) is 15.1. The van der Waals surface area contributed by atoms with Crippen molar-refractivity contribution in [2.45, 2.75) is 84.2 Å². The fraction of sp³-hybridized carbons (Fsp3) is 0.457. The highest BCUT2D eigenvalue weighted by molar-refractivity contribution is 5.90. The monoisotopic (exact) mass is 670 g/mol. The number of fused-ring (bicyclic) bond motifs is 1. The maximum atomic E-state index is 13.9. The molecule has 2 aromatic carbocycles. The number of rotatable bonds is 13. The van der Waals surface area contributed by atoms with Crippen molar-refractivity contribution in [2.24, 2.45) is 0 Å². The van der Waals surface area contributed by atoms with Gasteiger partial charge in [-0.1, -0.05) is 30.3 Å². The van der Waals surface area contributed by atoms with Crippen LogP contribution in [0.5, 0.6) is 11.5 Å². The molecular weight excluding hydrogens is 624 g/mol. The van der Waals surface area contributed by atoms with Crippen LogP contribution in [0.15, 0.2) is 54.6 Å². The molecule has 1 aliphatic rings. The lowest BCUT2D eigenvalue weighted by Gasteiger charge is -2.38. The van der Waals surface area contributed by atoms with E-state index in [9.17, 15) is 24.0 Å². The summed E-state index contributed by atoms with van der Waals surface area (Å²) >= 11 is 0. The topological polar surface area (TPSA) is 178 Å². The summed E-state index contributed by atoms with van der Waals surface area (Å²) < 4.78 is 21.9. The van der Waals surface area contributed by atoms with Gasteiger partial charge in [0.1, 0.15) is 17.7 Å². The molecule has 2 aromatic rings. The molecule has 13 heteroatoms. The second kappa shape index (κ2) is 18.4. The Labute approximate surface area is 280 Å². The minimum Gasteiger partial charge on any atom is -0.493 e. The number of ether oxygens (including phenoxy) is 4. The highest BCUT2D eigenvalue weighted by Gasteiger charge is 2.40. The number of esters is 2. The summed E-state index contributed by atoms with van der Waals surface area (Å²) in [5.41, 5.74) is 2.09. The molecule has 0 fully saturated rings. The van der Waals surface area contributed by atoms with Crippen molar-refractivity contribution in [1.29, 1.82) is 0 Å². The van der Waals surface area contributed by atoms with Crippen molar-refractivity contribution < 1.29 is 53.1 Å². The number of carbonyl (C=O) groups excluding carboxylic acids is 3. The predicted octanol–water partition coefficient (Wildman–Crippen LogP) is 3.55. The molecule has 0 bridgehead atoms. The molecule has 0 aromatic heterocycles. The van der Waals surface area contributed by atoms with Crippen LogP contribution in [-0.4, -0.2) is 89.5 Å². The van der Waals surface area contributed by atoms with Gasteiger partial charge in [0.15, 0.2) is 11.5 Å². The first-order valence-electron chi connectivity index (χ1n) is 15.5. The van der Waals surface area contributed by atoms with E-state index >= 15 is 0 Å². The van der Waals surface area contributed by atoms with Gasteiger partial charge in [-0.25, -0.2) is 14.4 Å². The van der Waals surface area contributed by atoms with Crippen molar-refractivity contribution in [2.75, 3.05) is 20.8 Å². The lowest BCUT2D eigenvalue weighted by molar-refractivity contribution is -0.166. The molecule has 1 aliphatic heterocycles. The van der Waals surface area contributed by atoms with E-state index in [1.165, 1.54) is 4.90 Å². The first-order chi connectivity index (χ1) is 22.6. The van der Waals surface area contributed by atoms with Gasteiger partial charge in [-0.15, -0.1) is 0 Å².